The predicted molar refractivity (Wildman–Crippen MR) is 50.9 cm³/mol. The average Bonchev–Trinajstić information content (AvgIpc) is 2.04. The summed E-state index contributed by atoms with van der Waals surface area (Å²) in [6, 6.07) is 6.46. The van der Waals surface area contributed by atoms with Gasteiger partial charge in [-0.1, -0.05) is 25.1 Å². The Bertz CT molecular complexity index is 240. The standard InChI is InChI=1S/C9H12FN.ClH/c1-2-9(11)7-5-3-4-6-8(7)10;/h3-6,9H,2,11H2,1H3;1H/t9-;/m1./s1. The summed E-state index contributed by atoms with van der Waals surface area (Å²) in [4.78, 5) is 0. The summed E-state index contributed by atoms with van der Waals surface area (Å²) in [6.45, 7) is 1.94. The summed E-state index contributed by atoms with van der Waals surface area (Å²) < 4.78 is 12.9. The van der Waals surface area contributed by atoms with Gasteiger partial charge in [0.05, 0.1) is 0 Å². The van der Waals surface area contributed by atoms with E-state index in [1.807, 2.05) is 6.92 Å². The van der Waals surface area contributed by atoms with Crippen molar-refractivity contribution in [2.75, 3.05) is 0 Å². The monoisotopic (exact) mass is 189 g/mol. The maximum Gasteiger partial charge on any atom is 0.127 e. The molecule has 0 aliphatic rings. The second kappa shape index (κ2) is 5.12. The zero-order valence-electron chi connectivity index (χ0n) is 6.96. The van der Waals surface area contributed by atoms with E-state index in [9.17, 15) is 4.39 Å². The van der Waals surface area contributed by atoms with Crippen molar-refractivity contribution in [2.24, 2.45) is 5.73 Å². The minimum absolute atomic E-state index is 0. The van der Waals surface area contributed by atoms with Gasteiger partial charge >= 0.3 is 0 Å². The number of nitrogens with two attached hydrogens (primary N) is 1. The first-order valence-corrected chi connectivity index (χ1v) is 3.75. The van der Waals surface area contributed by atoms with E-state index in [0.717, 1.165) is 6.42 Å². The summed E-state index contributed by atoms with van der Waals surface area (Å²) in [5.74, 6) is -0.207. The van der Waals surface area contributed by atoms with Gasteiger partial charge < -0.3 is 5.73 Å². The third kappa shape index (κ3) is 2.47. The molecule has 0 radical (unpaired) electrons. The molecule has 0 heterocycles. The van der Waals surface area contributed by atoms with Crippen molar-refractivity contribution < 1.29 is 4.39 Å². The normalized spacial score (nSPS) is 11.9. The quantitative estimate of drug-likeness (QED) is 0.761. The van der Waals surface area contributed by atoms with Gasteiger partial charge in [0.25, 0.3) is 0 Å². The molecule has 0 aliphatic heterocycles. The van der Waals surface area contributed by atoms with Crippen LogP contribution in [0.5, 0.6) is 0 Å². The molecule has 1 aromatic rings. The molecule has 0 amide bonds. The lowest BCUT2D eigenvalue weighted by Gasteiger charge is -2.08. The first kappa shape index (κ1) is 11.4. The van der Waals surface area contributed by atoms with Crippen LogP contribution >= 0.6 is 12.4 Å². The minimum Gasteiger partial charge on any atom is -0.324 e. The van der Waals surface area contributed by atoms with Crippen molar-refractivity contribution in [1.82, 2.24) is 0 Å². The zero-order valence-corrected chi connectivity index (χ0v) is 7.77. The maximum absolute atomic E-state index is 12.9. The Morgan fingerprint density at radius 3 is 2.50 bits per heavy atom. The lowest BCUT2D eigenvalue weighted by atomic mass is 10.1. The summed E-state index contributed by atoms with van der Waals surface area (Å²) in [6.07, 6.45) is 0.765. The molecule has 0 spiro atoms. The van der Waals surface area contributed by atoms with Crippen LogP contribution < -0.4 is 5.73 Å². The van der Waals surface area contributed by atoms with E-state index >= 15 is 0 Å². The molecule has 1 rings (SSSR count). The number of benzene rings is 1. The lowest BCUT2D eigenvalue weighted by molar-refractivity contribution is 0.575. The van der Waals surface area contributed by atoms with Gasteiger partial charge in [0.2, 0.25) is 0 Å². The van der Waals surface area contributed by atoms with Gasteiger partial charge in [0.1, 0.15) is 5.82 Å². The van der Waals surface area contributed by atoms with Crippen LogP contribution in [0.15, 0.2) is 24.3 Å². The van der Waals surface area contributed by atoms with Gasteiger partial charge in [-0.05, 0) is 12.5 Å². The van der Waals surface area contributed by atoms with E-state index in [2.05, 4.69) is 0 Å². The number of rotatable bonds is 2. The lowest BCUT2D eigenvalue weighted by Crippen LogP contribution is -2.10. The molecule has 3 heteroatoms. The highest BCUT2D eigenvalue weighted by atomic mass is 35.5. The number of halogens is 2. The Hall–Kier alpha value is -0.600. The van der Waals surface area contributed by atoms with Gasteiger partial charge in [-0.3, -0.25) is 0 Å². The van der Waals surface area contributed by atoms with Gasteiger partial charge in [0, 0.05) is 11.6 Å². The highest BCUT2D eigenvalue weighted by Crippen LogP contribution is 2.16. The number of hydrogen-bond donors (Lipinski definition) is 1. The summed E-state index contributed by atoms with van der Waals surface area (Å²) >= 11 is 0. The largest absolute Gasteiger partial charge is 0.324 e. The molecule has 1 aromatic carbocycles. The summed E-state index contributed by atoms with van der Waals surface area (Å²) in [7, 11) is 0. The van der Waals surface area contributed by atoms with E-state index in [1.54, 1.807) is 18.2 Å². The third-order valence-corrected chi connectivity index (χ3v) is 1.74. The van der Waals surface area contributed by atoms with Crippen LogP contribution in [-0.4, -0.2) is 0 Å². The van der Waals surface area contributed by atoms with E-state index < -0.39 is 0 Å². The topological polar surface area (TPSA) is 26.0 Å². The van der Waals surface area contributed by atoms with Gasteiger partial charge in [-0.15, -0.1) is 12.4 Å². The van der Waals surface area contributed by atoms with Crippen LogP contribution in [0.1, 0.15) is 24.9 Å². The van der Waals surface area contributed by atoms with Crippen LogP contribution in [0, 0.1) is 5.82 Å². The Kier molecular flexibility index (Phi) is 4.86. The third-order valence-electron chi connectivity index (χ3n) is 1.74. The molecule has 0 saturated carbocycles. The molecule has 2 N–H and O–H groups in total. The van der Waals surface area contributed by atoms with E-state index in [0.29, 0.717) is 5.56 Å². The van der Waals surface area contributed by atoms with Crippen LogP contribution in [0.25, 0.3) is 0 Å². The zero-order chi connectivity index (χ0) is 8.27. The first-order valence-electron chi connectivity index (χ1n) is 3.75. The SMILES string of the molecule is CC[C@@H](N)c1ccccc1F.Cl. The molecule has 0 saturated heterocycles. The van der Waals surface area contributed by atoms with Gasteiger partial charge in [-0.25, -0.2) is 4.39 Å². The molecule has 0 unspecified atom stereocenters. The van der Waals surface area contributed by atoms with Crippen molar-refractivity contribution in [3.8, 4) is 0 Å². The molecule has 0 aromatic heterocycles. The second-order valence-electron chi connectivity index (χ2n) is 2.54. The number of hydrogen-bond acceptors (Lipinski definition) is 1. The molecule has 0 fully saturated rings. The predicted octanol–water partition coefficient (Wildman–Crippen LogP) is 2.66. The molecule has 0 aliphatic carbocycles. The molecule has 1 nitrogen and oxygen atoms in total. The Morgan fingerprint density at radius 1 is 1.42 bits per heavy atom. The highest BCUT2D eigenvalue weighted by Gasteiger charge is 2.06. The van der Waals surface area contributed by atoms with E-state index in [4.69, 9.17) is 5.73 Å². The van der Waals surface area contributed by atoms with E-state index in [-0.39, 0.29) is 24.3 Å². The molecule has 0 bridgehead atoms. The van der Waals surface area contributed by atoms with Crippen LogP contribution in [0.2, 0.25) is 0 Å². The smallest absolute Gasteiger partial charge is 0.127 e. The van der Waals surface area contributed by atoms with Crippen molar-refractivity contribution in [1.29, 1.82) is 0 Å². The van der Waals surface area contributed by atoms with Crippen LogP contribution in [0.4, 0.5) is 4.39 Å². The molecular formula is C9H13ClFN. The molecule has 12 heavy (non-hydrogen) atoms. The van der Waals surface area contributed by atoms with Crippen molar-refractivity contribution in [3.05, 3.63) is 35.6 Å². The molecular weight excluding hydrogens is 177 g/mol. The van der Waals surface area contributed by atoms with Crippen LogP contribution in [-0.2, 0) is 0 Å². The summed E-state index contributed by atoms with van der Waals surface area (Å²) in [5, 5.41) is 0. The maximum atomic E-state index is 12.9. The summed E-state index contributed by atoms with van der Waals surface area (Å²) in [5.41, 5.74) is 6.26. The van der Waals surface area contributed by atoms with Crippen molar-refractivity contribution in [3.63, 3.8) is 0 Å². The molecule has 68 valence electrons. The Labute approximate surface area is 78.2 Å². The first-order chi connectivity index (χ1) is 5.25. The Balaban J connectivity index is 0.00000121. The van der Waals surface area contributed by atoms with E-state index in [1.165, 1.54) is 6.07 Å². The Morgan fingerprint density at radius 2 is 2.00 bits per heavy atom. The fourth-order valence-electron chi connectivity index (χ4n) is 0.996. The van der Waals surface area contributed by atoms with Crippen LogP contribution in [0.3, 0.4) is 0 Å². The van der Waals surface area contributed by atoms with Crippen molar-refractivity contribution >= 4 is 12.4 Å². The molecule has 1 atom stereocenters. The fraction of sp³-hybridized carbons (Fsp3) is 0.333. The van der Waals surface area contributed by atoms with Gasteiger partial charge in [-0.2, -0.15) is 0 Å². The second-order valence-corrected chi connectivity index (χ2v) is 2.54. The van der Waals surface area contributed by atoms with Crippen molar-refractivity contribution in [2.45, 2.75) is 19.4 Å². The fourth-order valence-corrected chi connectivity index (χ4v) is 0.996. The average molecular weight is 190 g/mol. The highest BCUT2D eigenvalue weighted by molar-refractivity contribution is 5.85. The minimum atomic E-state index is -0.207. The van der Waals surface area contributed by atoms with Gasteiger partial charge in [0.15, 0.2) is 0 Å².